The summed E-state index contributed by atoms with van der Waals surface area (Å²) in [6.45, 7) is 0.164. The van der Waals surface area contributed by atoms with Crippen LogP contribution in [0.5, 0.6) is 0 Å². The Kier molecular flexibility index (Phi) is 5.97. The maximum absolute atomic E-state index is 14.1. The van der Waals surface area contributed by atoms with Crippen LogP contribution in [0.15, 0.2) is 49.1 Å². The topological polar surface area (TPSA) is 74.0 Å². The molecule has 0 aliphatic rings. The lowest BCUT2D eigenvalue weighted by Crippen LogP contribution is -2.01. The van der Waals surface area contributed by atoms with Crippen LogP contribution in [0, 0.1) is 5.82 Å². The fourth-order valence-corrected chi connectivity index (χ4v) is 2.69. The highest BCUT2D eigenvalue weighted by molar-refractivity contribution is 5.85. The highest BCUT2D eigenvalue weighted by Crippen LogP contribution is 2.27. The molecule has 0 unspecified atom stereocenters. The molecule has 9 heteroatoms. The van der Waals surface area contributed by atoms with E-state index >= 15 is 0 Å². The van der Waals surface area contributed by atoms with E-state index in [1.807, 2.05) is 31.6 Å². The molecule has 0 aliphatic carbocycles. The number of aryl methyl sites for hydroxylation is 1. The number of benzene rings is 1. The van der Waals surface area contributed by atoms with Crippen LogP contribution in [-0.4, -0.2) is 24.4 Å². The van der Waals surface area contributed by atoms with Crippen LogP contribution in [0.4, 0.5) is 4.39 Å². The molecule has 26 heavy (non-hydrogen) atoms. The van der Waals surface area contributed by atoms with Crippen LogP contribution < -0.4 is 5.73 Å². The van der Waals surface area contributed by atoms with E-state index < -0.39 is 0 Å². The summed E-state index contributed by atoms with van der Waals surface area (Å²) in [5, 5.41) is 8.46. The number of halogens is 3. The second-order valence-corrected chi connectivity index (χ2v) is 5.55. The minimum absolute atomic E-state index is 0. The number of fused-ring (bicyclic) bond motifs is 1. The van der Waals surface area contributed by atoms with E-state index in [0.717, 1.165) is 16.8 Å². The summed E-state index contributed by atoms with van der Waals surface area (Å²) < 4.78 is 17.6. The van der Waals surface area contributed by atoms with Crippen molar-refractivity contribution in [3.63, 3.8) is 0 Å². The van der Waals surface area contributed by atoms with Gasteiger partial charge in [-0.3, -0.25) is 4.68 Å². The van der Waals surface area contributed by atoms with Crippen molar-refractivity contribution in [1.29, 1.82) is 0 Å². The van der Waals surface area contributed by atoms with E-state index in [-0.39, 0.29) is 37.2 Å². The molecule has 3 heterocycles. The molecular formula is C17H17Cl2FN6. The summed E-state index contributed by atoms with van der Waals surface area (Å²) >= 11 is 0. The van der Waals surface area contributed by atoms with Crippen molar-refractivity contribution in [1.82, 2.24) is 24.4 Å². The van der Waals surface area contributed by atoms with Gasteiger partial charge in [0, 0.05) is 36.5 Å². The molecular weight excluding hydrogens is 378 g/mol. The molecule has 0 radical (unpaired) electrons. The minimum Gasteiger partial charge on any atom is -0.326 e. The number of hydrogen-bond donors (Lipinski definition) is 1. The Morgan fingerprint density at radius 2 is 1.88 bits per heavy atom. The van der Waals surface area contributed by atoms with Crippen LogP contribution in [0.2, 0.25) is 0 Å². The van der Waals surface area contributed by atoms with Gasteiger partial charge in [-0.15, -0.1) is 24.8 Å². The molecule has 0 fully saturated rings. The van der Waals surface area contributed by atoms with Gasteiger partial charge in [-0.1, -0.05) is 12.1 Å². The Morgan fingerprint density at radius 3 is 2.54 bits per heavy atom. The van der Waals surface area contributed by atoms with Crippen molar-refractivity contribution in [3.05, 3.63) is 60.4 Å². The predicted molar refractivity (Wildman–Crippen MR) is 103 cm³/mol. The van der Waals surface area contributed by atoms with Gasteiger partial charge >= 0.3 is 0 Å². The number of hydrogen-bond acceptors (Lipinski definition) is 4. The lowest BCUT2D eigenvalue weighted by molar-refractivity contribution is 0.611. The van der Waals surface area contributed by atoms with Gasteiger partial charge in [0.1, 0.15) is 5.82 Å². The van der Waals surface area contributed by atoms with Crippen LogP contribution in [0.25, 0.3) is 28.0 Å². The first kappa shape index (κ1) is 19.8. The summed E-state index contributed by atoms with van der Waals surface area (Å²) in [6, 6.07) is 6.83. The predicted octanol–water partition coefficient (Wildman–Crippen LogP) is 3.24. The number of nitrogens with two attached hydrogens (primary N) is 1. The zero-order valence-electron chi connectivity index (χ0n) is 13.8. The third-order valence-electron chi connectivity index (χ3n) is 3.94. The Balaban J connectivity index is 0.00000121. The van der Waals surface area contributed by atoms with Gasteiger partial charge in [-0.2, -0.15) is 10.2 Å². The van der Waals surface area contributed by atoms with Gasteiger partial charge in [0.25, 0.3) is 0 Å². The van der Waals surface area contributed by atoms with E-state index in [1.165, 1.54) is 6.07 Å². The largest absolute Gasteiger partial charge is 0.326 e. The van der Waals surface area contributed by atoms with Crippen LogP contribution >= 0.6 is 24.8 Å². The molecule has 1 aromatic carbocycles. The van der Waals surface area contributed by atoms with Gasteiger partial charge in [0.15, 0.2) is 0 Å². The third kappa shape index (κ3) is 3.41. The average Bonchev–Trinajstić information content (AvgIpc) is 3.22. The highest BCUT2D eigenvalue weighted by Gasteiger charge is 2.13. The number of aromatic nitrogens is 5. The van der Waals surface area contributed by atoms with E-state index in [0.29, 0.717) is 16.8 Å². The lowest BCUT2D eigenvalue weighted by Gasteiger charge is -2.08. The fourth-order valence-electron chi connectivity index (χ4n) is 2.69. The van der Waals surface area contributed by atoms with Crippen LogP contribution in [0.3, 0.4) is 0 Å². The molecule has 0 aliphatic heterocycles. The van der Waals surface area contributed by atoms with Gasteiger partial charge in [0.05, 0.1) is 35.5 Å². The lowest BCUT2D eigenvalue weighted by atomic mass is 10.1. The van der Waals surface area contributed by atoms with Crippen molar-refractivity contribution in [2.75, 3.05) is 0 Å². The maximum atomic E-state index is 14.1. The number of nitrogens with zero attached hydrogens (tertiary/aromatic N) is 5. The molecule has 2 N–H and O–H groups in total. The Morgan fingerprint density at radius 1 is 1.08 bits per heavy atom. The smallest absolute Gasteiger partial charge is 0.128 e. The second-order valence-electron chi connectivity index (χ2n) is 5.55. The van der Waals surface area contributed by atoms with E-state index in [1.54, 1.807) is 27.7 Å². The molecule has 136 valence electrons. The van der Waals surface area contributed by atoms with E-state index in [9.17, 15) is 4.39 Å². The SMILES string of the molecule is Cl.Cl.Cn1cc(-c2cn3nccc3c(-c3ccc(CN)c(F)c3)n2)cn1. The zero-order valence-corrected chi connectivity index (χ0v) is 15.5. The first-order chi connectivity index (χ1) is 11.7. The molecule has 0 atom stereocenters. The van der Waals surface area contributed by atoms with Crippen molar-refractivity contribution in [3.8, 4) is 22.5 Å². The Bertz CT molecular complexity index is 1040. The minimum atomic E-state index is -0.332. The van der Waals surface area contributed by atoms with E-state index in [4.69, 9.17) is 10.7 Å². The first-order valence-electron chi connectivity index (χ1n) is 7.48. The highest BCUT2D eigenvalue weighted by atomic mass is 35.5. The van der Waals surface area contributed by atoms with Gasteiger partial charge in [-0.05, 0) is 12.1 Å². The van der Waals surface area contributed by atoms with Gasteiger partial charge in [0.2, 0.25) is 0 Å². The fraction of sp³-hybridized carbons (Fsp3) is 0.118. The third-order valence-corrected chi connectivity index (χ3v) is 3.94. The maximum Gasteiger partial charge on any atom is 0.128 e. The summed E-state index contributed by atoms with van der Waals surface area (Å²) in [6.07, 6.45) is 7.14. The standard InChI is InChI=1S/C17H15FN6.2ClH/c1-23-9-13(8-21-23)15-10-24-16(4-5-20-24)17(22-15)11-2-3-12(7-19)14(18)6-11;;/h2-6,8-10H,7,19H2,1H3;2*1H. The Labute approximate surface area is 161 Å². The Hall–Kier alpha value is -2.48. The second kappa shape index (κ2) is 7.82. The summed E-state index contributed by atoms with van der Waals surface area (Å²) in [7, 11) is 1.85. The zero-order chi connectivity index (χ0) is 16.7. The summed E-state index contributed by atoms with van der Waals surface area (Å²) in [5.74, 6) is -0.332. The summed E-state index contributed by atoms with van der Waals surface area (Å²) in [5.41, 5.74) is 9.76. The molecule has 0 spiro atoms. The van der Waals surface area contributed by atoms with Crippen molar-refractivity contribution < 1.29 is 4.39 Å². The van der Waals surface area contributed by atoms with Crippen molar-refractivity contribution in [2.45, 2.75) is 6.54 Å². The monoisotopic (exact) mass is 394 g/mol. The molecule has 4 rings (SSSR count). The van der Waals surface area contributed by atoms with E-state index in [2.05, 4.69) is 10.2 Å². The number of rotatable bonds is 3. The molecule has 0 amide bonds. The molecule has 0 bridgehead atoms. The average molecular weight is 395 g/mol. The molecule has 0 saturated heterocycles. The van der Waals surface area contributed by atoms with Crippen LogP contribution in [-0.2, 0) is 13.6 Å². The van der Waals surface area contributed by atoms with Gasteiger partial charge in [-0.25, -0.2) is 13.9 Å². The quantitative estimate of drug-likeness (QED) is 0.578. The first-order valence-corrected chi connectivity index (χ1v) is 7.48. The van der Waals surface area contributed by atoms with Gasteiger partial charge < -0.3 is 5.73 Å². The molecule has 6 nitrogen and oxygen atoms in total. The van der Waals surface area contributed by atoms with Crippen LogP contribution in [0.1, 0.15) is 5.56 Å². The molecule has 4 aromatic rings. The van der Waals surface area contributed by atoms with Crippen molar-refractivity contribution in [2.24, 2.45) is 12.8 Å². The molecule has 3 aromatic heterocycles. The van der Waals surface area contributed by atoms with Crippen molar-refractivity contribution >= 4 is 30.3 Å². The summed E-state index contributed by atoms with van der Waals surface area (Å²) in [4.78, 5) is 4.71. The molecule has 0 saturated carbocycles. The normalized spacial score (nSPS) is 10.4.